The highest BCUT2D eigenvalue weighted by Crippen LogP contribution is 2.30. The molecule has 4 nitrogen and oxygen atoms in total. The molecule has 0 spiro atoms. The fourth-order valence-electron chi connectivity index (χ4n) is 2.53. The summed E-state index contributed by atoms with van der Waals surface area (Å²) in [5.41, 5.74) is 1.64. The topological polar surface area (TPSA) is 55.8 Å². The van der Waals surface area contributed by atoms with Crippen LogP contribution in [0.3, 0.4) is 0 Å². The van der Waals surface area contributed by atoms with Gasteiger partial charge in [0, 0.05) is 18.4 Å². The number of ether oxygens (including phenoxy) is 2. The van der Waals surface area contributed by atoms with Gasteiger partial charge in [-0.3, -0.25) is 4.79 Å². The fourth-order valence-corrected chi connectivity index (χ4v) is 2.53. The van der Waals surface area contributed by atoms with Crippen LogP contribution in [0.1, 0.15) is 34.9 Å². The Morgan fingerprint density at radius 1 is 0.909 bits per heavy atom. The molecule has 0 saturated heterocycles. The van der Waals surface area contributed by atoms with E-state index in [4.69, 9.17) is 9.47 Å². The van der Waals surface area contributed by atoms with Crippen LogP contribution in [-0.2, 0) is 0 Å². The molecule has 0 amide bonds. The van der Waals surface area contributed by atoms with Gasteiger partial charge in [0.05, 0.1) is 24.9 Å². The Hall–Kier alpha value is -2.33. The molecule has 0 aliphatic carbocycles. The second-order valence-electron chi connectivity index (χ2n) is 5.21. The van der Waals surface area contributed by atoms with Crippen molar-refractivity contribution in [3.63, 3.8) is 0 Å². The molecule has 22 heavy (non-hydrogen) atoms. The van der Waals surface area contributed by atoms with Gasteiger partial charge in [0.25, 0.3) is 0 Å². The molecule has 2 aliphatic rings. The first-order valence-corrected chi connectivity index (χ1v) is 7.40. The molecule has 0 aromatic heterocycles. The van der Waals surface area contributed by atoms with Crippen LogP contribution in [-0.4, -0.2) is 24.1 Å². The van der Waals surface area contributed by atoms with E-state index in [0.717, 1.165) is 22.6 Å². The smallest absolute Gasteiger partial charge is 0.169 e. The third-order valence-electron chi connectivity index (χ3n) is 3.70. The van der Waals surface area contributed by atoms with Crippen LogP contribution in [0, 0.1) is 0 Å². The number of ketones is 1. The second kappa shape index (κ2) is 6.62. The second-order valence-corrected chi connectivity index (χ2v) is 5.21. The fraction of sp³-hybridized carbons (Fsp3) is 0.278. The van der Waals surface area contributed by atoms with Crippen LogP contribution in [0.5, 0.6) is 11.5 Å². The Morgan fingerprint density at radius 3 is 2.36 bits per heavy atom. The number of hydrogen-bond donors (Lipinski definition) is 1. The summed E-state index contributed by atoms with van der Waals surface area (Å²) in [7, 11) is 0. The average Bonchev–Trinajstić information content (AvgIpc) is 2.57. The summed E-state index contributed by atoms with van der Waals surface area (Å²) in [4.78, 5) is 11.2. The Kier molecular flexibility index (Phi) is 4.39. The monoisotopic (exact) mass is 298 g/mol. The molecule has 1 unspecified atom stereocenters. The summed E-state index contributed by atoms with van der Waals surface area (Å²) >= 11 is 0. The van der Waals surface area contributed by atoms with E-state index in [0.29, 0.717) is 26.1 Å². The molecule has 4 heteroatoms. The Labute approximate surface area is 129 Å². The lowest BCUT2D eigenvalue weighted by atomic mass is 10.0. The van der Waals surface area contributed by atoms with E-state index in [9.17, 15) is 9.90 Å². The summed E-state index contributed by atoms with van der Waals surface area (Å²) in [5, 5.41) is 9.48. The Bertz CT molecular complexity index is 666. The first-order valence-electron chi connectivity index (χ1n) is 7.40. The van der Waals surface area contributed by atoms with Gasteiger partial charge in [-0.25, -0.2) is 0 Å². The molecule has 1 atom stereocenters. The van der Waals surface area contributed by atoms with E-state index in [1.807, 2.05) is 42.5 Å². The number of benzene rings is 2. The number of aliphatic hydroxyl groups excluding tert-OH is 1. The zero-order valence-electron chi connectivity index (χ0n) is 12.2. The van der Waals surface area contributed by atoms with Crippen LogP contribution >= 0.6 is 0 Å². The molecule has 1 N–H and O–H groups in total. The van der Waals surface area contributed by atoms with Crippen LogP contribution < -0.4 is 9.47 Å². The van der Waals surface area contributed by atoms with Gasteiger partial charge in [0.2, 0.25) is 0 Å². The quantitative estimate of drug-likeness (QED) is 0.811. The lowest BCUT2D eigenvalue weighted by molar-refractivity contribution is 0.0933. The molecule has 0 fully saturated rings. The van der Waals surface area contributed by atoms with E-state index in [2.05, 4.69) is 0 Å². The van der Waals surface area contributed by atoms with E-state index in [-0.39, 0.29) is 11.9 Å². The lowest BCUT2D eigenvalue weighted by Crippen LogP contribution is -2.14. The molecule has 114 valence electrons. The predicted octanol–water partition coefficient (Wildman–Crippen LogP) is 3.15. The number of rotatable bonds is 0. The highest BCUT2D eigenvalue weighted by molar-refractivity contribution is 5.99. The Balaban J connectivity index is 0.000000131. The first kappa shape index (κ1) is 14.6. The molecule has 0 radical (unpaired) electrons. The van der Waals surface area contributed by atoms with E-state index < -0.39 is 0 Å². The minimum absolute atomic E-state index is 0.187. The molecular weight excluding hydrogens is 280 g/mol. The zero-order chi connectivity index (χ0) is 15.4. The molecule has 2 aliphatic heterocycles. The molecule has 0 saturated carbocycles. The van der Waals surface area contributed by atoms with Crippen molar-refractivity contribution in [3.8, 4) is 11.5 Å². The van der Waals surface area contributed by atoms with Crippen molar-refractivity contribution in [2.75, 3.05) is 13.2 Å². The zero-order valence-corrected chi connectivity index (χ0v) is 12.2. The maximum atomic E-state index is 11.2. The maximum Gasteiger partial charge on any atom is 0.169 e. The van der Waals surface area contributed by atoms with Gasteiger partial charge < -0.3 is 14.6 Å². The highest BCUT2D eigenvalue weighted by Gasteiger charge is 2.17. The first-order chi connectivity index (χ1) is 10.8. The summed E-state index contributed by atoms with van der Waals surface area (Å²) in [6, 6.07) is 15.0. The molecule has 2 aromatic carbocycles. The van der Waals surface area contributed by atoms with Gasteiger partial charge in [0.1, 0.15) is 11.5 Å². The Morgan fingerprint density at radius 2 is 1.59 bits per heavy atom. The van der Waals surface area contributed by atoms with Crippen LogP contribution in [0.15, 0.2) is 48.5 Å². The summed E-state index contributed by atoms with van der Waals surface area (Å²) in [5.74, 6) is 1.74. The summed E-state index contributed by atoms with van der Waals surface area (Å²) in [6.45, 7) is 1.15. The maximum absolute atomic E-state index is 11.2. The van der Waals surface area contributed by atoms with Crippen LogP contribution in [0.25, 0.3) is 0 Å². The standard InChI is InChI=1S/C9H10O2.C9H8O2/c2*10-8-5-6-11-9-4-2-1-3-7(8)9/h1-4,8,10H,5-6H2;1-4H,5-6H2. The van der Waals surface area contributed by atoms with Crippen molar-refractivity contribution in [1.29, 1.82) is 0 Å². The SMILES string of the molecule is O=C1CCOc2ccccc21.OC1CCOc2ccccc21. The number of aliphatic hydroxyl groups is 1. The van der Waals surface area contributed by atoms with Gasteiger partial charge in [-0.1, -0.05) is 30.3 Å². The molecule has 2 aromatic rings. The number of para-hydroxylation sites is 2. The summed E-state index contributed by atoms with van der Waals surface area (Å²) in [6.07, 6.45) is 0.883. The lowest BCUT2D eigenvalue weighted by Gasteiger charge is -2.21. The number of Topliss-reactive ketones (excluding diaryl/α,β-unsaturated/α-hetero) is 1. The highest BCUT2D eigenvalue weighted by atomic mass is 16.5. The molecule has 0 bridgehead atoms. The van der Waals surface area contributed by atoms with E-state index >= 15 is 0 Å². The summed E-state index contributed by atoms with van der Waals surface area (Å²) < 4.78 is 10.6. The van der Waals surface area contributed by atoms with Crippen molar-refractivity contribution >= 4 is 5.78 Å². The van der Waals surface area contributed by atoms with Gasteiger partial charge in [-0.15, -0.1) is 0 Å². The van der Waals surface area contributed by atoms with Gasteiger partial charge in [0.15, 0.2) is 5.78 Å². The largest absolute Gasteiger partial charge is 0.493 e. The van der Waals surface area contributed by atoms with Crippen molar-refractivity contribution in [1.82, 2.24) is 0 Å². The van der Waals surface area contributed by atoms with Crippen molar-refractivity contribution in [2.24, 2.45) is 0 Å². The average molecular weight is 298 g/mol. The van der Waals surface area contributed by atoms with Crippen LogP contribution in [0.2, 0.25) is 0 Å². The normalized spacial score (nSPS) is 18.8. The predicted molar refractivity (Wildman–Crippen MR) is 82.4 cm³/mol. The van der Waals surface area contributed by atoms with E-state index in [1.54, 1.807) is 6.07 Å². The number of carbonyl (C=O) groups is 1. The number of fused-ring (bicyclic) bond motifs is 2. The molecule has 4 rings (SSSR count). The van der Waals surface area contributed by atoms with Crippen molar-refractivity contribution in [3.05, 3.63) is 59.7 Å². The third kappa shape index (κ3) is 3.12. The minimum atomic E-state index is -0.333. The van der Waals surface area contributed by atoms with Crippen molar-refractivity contribution < 1.29 is 19.4 Å². The van der Waals surface area contributed by atoms with Gasteiger partial charge in [-0.2, -0.15) is 0 Å². The molecular formula is C18H18O4. The van der Waals surface area contributed by atoms with Gasteiger partial charge in [-0.05, 0) is 18.2 Å². The van der Waals surface area contributed by atoms with Crippen molar-refractivity contribution in [2.45, 2.75) is 18.9 Å². The van der Waals surface area contributed by atoms with Gasteiger partial charge >= 0.3 is 0 Å². The van der Waals surface area contributed by atoms with E-state index in [1.165, 1.54) is 0 Å². The minimum Gasteiger partial charge on any atom is -0.493 e. The molecule has 2 heterocycles. The van der Waals surface area contributed by atoms with Crippen LogP contribution in [0.4, 0.5) is 0 Å². The number of carbonyl (C=O) groups excluding carboxylic acids is 1. The number of hydrogen-bond acceptors (Lipinski definition) is 4. The third-order valence-corrected chi connectivity index (χ3v) is 3.70.